The molecule has 0 aliphatic heterocycles. The molecular formula is C14H16O3. The lowest BCUT2D eigenvalue weighted by atomic mass is 10.0. The first-order chi connectivity index (χ1) is 8.08. The molecule has 1 aromatic carbocycles. The Hall–Kier alpha value is -1.95. The summed E-state index contributed by atoms with van der Waals surface area (Å²) in [5.74, 6) is 5.60. The van der Waals surface area contributed by atoms with Crippen LogP contribution in [0.3, 0.4) is 0 Å². The monoisotopic (exact) mass is 232 g/mol. The molecule has 0 atom stereocenters. The molecule has 0 aliphatic carbocycles. The van der Waals surface area contributed by atoms with E-state index in [0.717, 1.165) is 22.4 Å². The summed E-state index contributed by atoms with van der Waals surface area (Å²) >= 11 is 0. The first-order valence-corrected chi connectivity index (χ1v) is 5.42. The molecule has 0 fully saturated rings. The lowest BCUT2D eigenvalue weighted by Crippen LogP contribution is -2.00. The molecule has 3 nitrogen and oxygen atoms in total. The number of ether oxygens (including phenoxy) is 2. The molecular weight excluding hydrogens is 216 g/mol. The normalized spacial score (nSPS) is 9.18. The maximum Gasteiger partial charge on any atom is 0.384 e. The number of hydrogen-bond acceptors (Lipinski definition) is 3. The van der Waals surface area contributed by atoms with E-state index < -0.39 is 5.97 Å². The van der Waals surface area contributed by atoms with Gasteiger partial charge < -0.3 is 9.47 Å². The Balaban J connectivity index is 3.03. The van der Waals surface area contributed by atoms with Crippen molar-refractivity contribution >= 4 is 5.97 Å². The van der Waals surface area contributed by atoms with Crippen molar-refractivity contribution < 1.29 is 14.3 Å². The Morgan fingerprint density at radius 1 is 1.29 bits per heavy atom. The van der Waals surface area contributed by atoms with Gasteiger partial charge in [0, 0.05) is 11.5 Å². The Morgan fingerprint density at radius 3 is 2.35 bits per heavy atom. The zero-order valence-corrected chi connectivity index (χ0v) is 10.6. The third-order valence-electron chi connectivity index (χ3n) is 2.31. The molecule has 0 N–H and O–H groups in total. The summed E-state index contributed by atoms with van der Waals surface area (Å²) in [4.78, 5) is 11.1. The second-order valence-corrected chi connectivity index (χ2v) is 3.61. The van der Waals surface area contributed by atoms with Crippen LogP contribution in [0.5, 0.6) is 5.75 Å². The van der Waals surface area contributed by atoms with Gasteiger partial charge in [-0.2, -0.15) is 0 Å². The van der Waals surface area contributed by atoms with Gasteiger partial charge in [0.1, 0.15) is 5.75 Å². The number of benzene rings is 1. The summed E-state index contributed by atoms with van der Waals surface area (Å²) in [5, 5.41) is 0. The highest BCUT2D eigenvalue weighted by molar-refractivity contribution is 5.89. The van der Waals surface area contributed by atoms with Crippen molar-refractivity contribution in [1.82, 2.24) is 0 Å². The van der Waals surface area contributed by atoms with E-state index in [4.69, 9.17) is 9.47 Å². The Bertz CT molecular complexity index is 455. The number of esters is 1. The van der Waals surface area contributed by atoms with E-state index in [1.165, 1.54) is 0 Å². The molecule has 1 aromatic rings. The van der Waals surface area contributed by atoms with Crippen molar-refractivity contribution in [3.05, 3.63) is 28.8 Å². The van der Waals surface area contributed by atoms with Crippen LogP contribution in [0.2, 0.25) is 0 Å². The van der Waals surface area contributed by atoms with Crippen LogP contribution in [0.1, 0.15) is 23.6 Å². The Kier molecular flexibility index (Phi) is 4.59. The molecule has 0 radical (unpaired) electrons. The quantitative estimate of drug-likeness (QED) is 0.579. The zero-order chi connectivity index (χ0) is 12.8. The smallest absolute Gasteiger partial charge is 0.384 e. The van der Waals surface area contributed by atoms with E-state index in [1.807, 2.05) is 26.0 Å². The molecule has 90 valence electrons. The number of methoxy groups -OCH3 is 1. The van der Waals surface area contributed by atoms with Gasteiger partial charge in [-0.25, -0.2) is 4.79 Å². The van der Waals surface area contributed by atoms with Gasteiger partial charge in [-0.3, -0.25) is 0 Å². The average Bonchev–Trinajstić information content (AvgIpc) is 2.28. The van der Waals surface area contributed by atoms with Crippen molar-refractivity contribution in [2.45, 2.75) is 20.8 Å². The zero-order valence-electron chi connectivity index (χ0n) is 10.6. The average molecular weight is 232 g/mol. The lowest BCUT2D eigenvalue weighted by molar-refractivity contribution is -0.136. The van der Waals surface area contributed by atoms with E-state index >= 15 is 0 Å². The van der Waals surface area contributed by atoms with Crippen LogP contribution in [-0.2, 0) is 9.53 Å². The van der Waals surface area contributed by atoms with E-state index in [1.54, 1.807) is 14.0 Å². The summed E-state index contributed by atoms with van der Waals surface area (Å²) in [6.07, 6.45) is 0. The molecule has 0 spiro atoms. The number of aryl methyl sites for hydroxylation is 2. The minimum Gasteiger partial charge on any atom is -0.497 e. The van der Waals surface area contributed by atoms with Crippen LogP contribution in [0.4, 0.5) is 0 Å². The molecule has 0 bridgehead atoms. The number of hydrogen-bond donors (Lipinski definition) is 0. The van der Waals surface area contributed by atoms with E-state index in [2.05, 4.69) is 11.8 Å². The third-order valence-corrected chi connectivity index (χ3v) is 2.31. The molecule has 17 heavy (non-hydrogen) atoms. The van der Waals surface area contributed by atoms with Crippen molar-refractivity contribution in [3.8, 4) is 17.6 Å². The first-order valence-electron chi connectivity index (χ1n) is 5.42. The summed E-state index contributed by atoms with van der Waals surface area (Å²) in [5.41, 5.74) is 2.82. The predicted octanol–water partition coefficient (Wildman–Crippen LogP) is 2.23. The number of carbonyl (C=O) groups is 1. The number of rotatable bonds is 2. The van der Waals surface area contributed by atoms with Crippen molar-refractivity contribution in [1.29, 1.82) is 0 Å². The molecule has 0 saturated heterocycles. The van der Waals surface area contributed by atoms with Crippen LogP contribution in [0.15, 0.2) is 12.1 Å². The fourth-order valence-corrected chi connectivity index (χ4v) is 1.52. The van der Waals surface area contributed by atoms with Gasteiger partial charge in [-0.1, -0.05) is 5.92 Å². The highest BCUT2D eigenvalue weighted by atomic mass is 16.5. The van der Waals surface area contributed by atoms with Gasteiger partial charge in [0.15, 0.2) is 0 Å². The Labute approximate surface area is 102 Å². The summed E-state index contributed by atoms with van der Waals surface area (Å²) < 4.78 is 9.91. The molecule has 0 heterocycles. The fraction of sp³-hybridized carbons (Fsp3) is 0.357. The minimum absolute atomic E-state index is 0.341. The molecule has 1 rings (SSSR count). The summed E-state index contributed by atoms with van der Waals surface area (Å²) in [6, 6.07) is 3.78. The van der Waals surface area contributed by atoms with Gasteiger partial charge in [0.05, 0.1) is 13.7 Å². The second-order valence-electron chi connectivity index (χ2n) is 3.61. The molecule has 0 amide bonds. The largest absolute Gasteiger partial charge is 0.497 e. The van der Waals surface area contributed by atoms with Crippen molar-refractivity contribution in [2.24, 2.45) is 0 Å². The molecule has 0 aromatic heterocycles. The standard InChI is InChI=1S/C14H16O3/c1-5-17-14(15)7-6-13-10(2)8-12(16-4)9-11(13)3/h8-9H,5H2,1-4H3. The second kappa shape index (κ2) is 5.95. The maximum absolute atomic E-state index is 11.1. The fourth-order valence-electron chi connectivity index (χ4n) is 1.52. The van der Waals surface area contributed by atoms with Crippen LogP contribution in [-0.4, -0.2) is 19.7 Å². The van der Waals surface area contributed by atoms with Gasteiger partial charge >= 0.3 is 5.97 Å². The highest BCUT2D eigenvalue weighted by Crippen LogP contribution is 2.20. The van der Waals surface area contributed by atoms with Gasteiger partial charge in [-0.05, 0) is 44.0 Å². The lowest BCUT2D eigenvalue weighted by Gasteiger charge is -2.06. The number of carbonyl (C=O) groups excluding carboxylic acids is 1. The molecule has 0 unspecified atom stereocenters. The van der Waals surface area contributed by atoms with Crippen LogP contribution < -0.4 is 4.74 Å². The Morgan fingerprint density at radius 2 is 1.88 bits per heavy atom. The van der Waals surface area contributed by atoms with Gasteiger partial charge in [-0.15, -0.1) is 0 Å². The summed E-state index contributed by atoms with van der Waals surface area (Å²) in [7, 11) is 1.62. The van der Waals surface area contributed by atoms with Crippen LogP contribution in [0.25, 0.3) is 0 Å². The SMILES string of the molecule is CCOC(=O)C#Cc1c(C)cc(OC)cc1C. The van der Waals surface area contributed by atoms with Crippen molar-refractivity contribution in [3.63, 3.8) is 0 Å². The third kappa shape index (κ3) is 3.53. The molecule has 0 saturated carbocycles. The van der Waals surface area contributed by atoms with E-state index in [9.17, 15) is 4.79 Å². The topological polar surface area (TPSA) is 35.5 Å². The maximum atomic E-state index is 11.1. The first kappa shape index (κ1) is 13.1. The molecule has 3 heteroatoms. The molecule has 0 aliphatic rings. The van der Waals surface area contributed by atoms with Crippen molar-refractivity contribution in [2.75, 3.05) is 13.7 Å². The van der Waals surface area contributed by atoms with E-state index in [-0.39, 0.29) is 0 Å². The summed E-state index contributed by atoms with van der Waals surface area (Å²) in [6.45, 7) is 5.97. The minimum atomic E-state index is -0.498. The highest BCUT2D eigenvalue weighted by Gasteiger charge is 2.03. The van der Waals surface area contributed by atoms with Gasteiger partial charge in [0.25, 0.3) is 0 Å². The van der Waals surface area contributed by atoms with Crippen LogP contribution in [0, 0.1) is 25.7 Å². The van der Waals surface area contributed by atoms with Crippen LogP contribution >= 0.6 is 0 Å². The van der Waals surface area contributed by atoms with E-state index in [0.29, 0.717) is 6.61 Å². The van der Waals surface area contributed by atoms with Gasteiger partial charge in [0.2, 0.25) is 0 Å². The predicted molar refractivity (Wildman–Crippen MR) is 66.0 cm³/mol.